The highest BCUT2D eigenvalue weighted by Gasteiger charge is 2.16. The van der Waals surface area contributed by atoms with Crippen LogP contribution in [0.25, 0.3) is 0 Å². The zero-order valence-corrected chi connectivity index (χ0v) is 11.6. The number of likely N-dealkylation sites (N-methyl/N-ethyl adjacent to an activating group) is 1. The molecular formula is C16H21N3. The Kier molecular flexibility index (Phi) is 5.04. The van der Waals surface area contributed by atoms with Gasteiger partial charge in [0.1, 0.15) is 0 Å². The van der Waals surface area contributed by atoms with E-state index in [-0.39, 0.29) is 6.04 Å². The van der Waals surface area contributed by atoms with E-state index in [1.54, 1.807) is 0 Å². The van der Waals surface area contributed by atoms with Gasteiger partial charge in [0.25, 0.3) is 0 Å². The van der Waals surface area contributed by atoms with Gasteiger partial charge in [-0.05, 0) is 36.7 Å². The molecule has 19 heavy (non-hydrogen) atoms. The van der Waals surface area contributed by atoms with Gasteiger partial charge in [-0.2, -0.15) is 0 Å². The van der Waals surface area contributed by atoms with Gasteiger partial charge in [0.2, 0.25) is 0 Å². The van der Waals surface area contributed by atoms with Crippen LogP contribution in [0.5, 0.6) is 0 Å². The standard InChI is InChI=1S/C16H21N3/c1-3-13-8-7-11-19-16(13)15(17-4-2)12-14-9-5-6-10-18-14/h5-11,15,17H,3-4,12H2,1-2H3. The smallest absolute Gasteiger partial charge is 0.0608 e. The molecule has 100 valence electrons. The number of nitrogens with one attached hydrogen (secondary N) is 1. The first-order valence-corrected chi connectivity index (χ1v) is 6.92. The molecule has 1 N–H and O–H groups in total. The van der Waals surface area contributed by atoms with Crippen molar-refractivity contribution in [2.75, 3.05) is 6.54 Å². The maximum Gasteiger partial charge on any atom is 0.0608 e. The number of hydrogen-bond acceptors (Lipinski definition) is 3. The predicted molar refractivity (Wildman–Crippen MR) is 78.0 cm³/mol. The topological polar surface area (TPSA) is 37.8 Å². The van der Waals surface area contributed by atoms with E-state index >= 15 is 0 Å². The molecule has 0 spiro atoms. The second-order valence-electron chi connectivity index (χ2n) is 4.54. The highest BCUT2D eigenvalue weighted by Crippen LogP contribution is 2.19. The second kappa shape index (κ2) is 7.00. The van der Waals surface area contributed by atoms with Crippen LogP contribution in [0.15, 0.2) is 42.7 Å². The maximum absolute atomic E-state index is 4.57. The molecule has 0 radical (unpaired) electrons. The van der Waals surface area contributed by atoms with Gasteiger partial charge in [-0.1, -0.05) is 26.0 Å². The molecule has 1 unspecified atom stereocenters. The minimum Gasteiger partial charge on any atom is -0.309 e. The number of aromatic nitrogens is 2. The van der Waals surface area contributed by atoms with E-state index in [9.17, 15) is 0 Å². The van der Waals surface area contributed by atoms with E-state index in [2.05, 4.69) is 41.3 Å². The van der Waals surface area contributed by atoms with Crippen LogP contribution in [0.1, 0.15) is 36.8 Å². The van der Waals surface area contributed by atoms with Crippen LogP contribution in [0, 0.1) is 0 Å². The van der Waals surface area contributed by atoms with Gasteiger partial charge in [-0.15, -0.1) is 0 Å². The van der Waals surface area contributed by atoms with E-state index in [0.29, 0.717) is 0 Å². The molecule has 0 saturated heterocycles. The number of hydrogen-bond donors (Lipinski definition) is 1. The molecule has 3 nitrogen and oxygen atoms in total. The average Bonchev–Trinajstić information content (AvgIpc) is 2.48. The van der Waals surface area contributed by atoms with Crippen molar-refractivity contribution in [3.63, 3.8) is 0 Å². The lowest BCUT2D eigenvalue weighted by molar-refractivity contribution is 0.527. The van der Waals surface area contributed by atoms with E-state index < -0.39 is 0 Å². The summed E-state index contributed by atoms with van der Waals surface area (Å²) in [5.41, 5.74) is 3.56. The second-order valence-corrected chi connectivity index (χ2v) is 4.54. The molecule has 3 heteroatoms. The summed E-state index contributed by atoms with van der Waals surface area (Å²) in [5, 5.41) is 3.52. The molecule has 2 aromatic heterocycles. The van der Waals surface area contributed by atoms with Crippen molar-refractivity contribution in [2.24, 2.45) is 0 Å². The first-order chi connectivity index (χ1) is 9.35. The zero-order chi connectivity index (χ0) is 13.5. The van der Waals surface area contributed by atoms with Gasteiger partial charge in [0.05, 0.1) is 11.7 Å². The first kappa shape index (κ1) is 13.7. The highest BCUT2D eigenvalue weighted by atomic mass is 14.9. The Morgan fingerprint density at radius 3 is 2.58 bits per heavy atom. The van der Waals surface area contributed by atoms with E-state index in [1.807, 2.05) is 30.6 Å². The fourth-order valence-corrected chi connectivity index (χ4v) is 2.30. The van der Waals surface area contributed by atoms with Crippen molar-refractivity contribution in [2.45, 2.75) is 32.7 Å². The van der Waals surface area contributed by atoms with Crippen molar-refractivity contribution in [3.05, 3.63) is 59.7 Å². The Morgan fingerprint density at radius 2 is 1.89 bits per heavy atom. The minimum atomic E-state index is 0.232. The lowest BCUT2D eigenvalue weighted by Gasteiger charge is -2.19. The van der Waals surface area contributed by atoms with Crippen LogP contribution < -0.4 is 5.32 Å². The SMILES string of the molecule is CCNC(Cc1ccccn1)c1ncccc1CC. The summed E-state index contributed by atoms with van der Waals surface area (Å²) in [6.45, 7) is 5.22. The normalized spacial score (nSPS) is 12.3. The summed E-state index contributed by atoms with van der Waals surface area (Å²) in [4.78, 5) is 8.99. The van der Waals surface area contributed by atoms with Gasteiger partial charge in [-0.25, -0.2) is 0 Å². The van der Waals surface area contributed by atoms with Crippen LogP contribution in [0.3, 0.4) is 0 Å². The Bertz CT molecular complexity index is 496. The van der Waals surface area contributed by atoms with E-state index in [1.165, 1.54) is 5.56 Å². The molecule has 2 heterocycles. The quantitative estimate of drug-likeness (QED) is 0.862. The van der Waals surface area contributed by atoms with Gasteiger partial charge in [0, 0.05) is 24.5 Å². The molecule has 2 rings (SSSR count). The third-order valence-electron chi connectivity index (χ3n) is 3.23. The van der Waals surface area contributed by atoms with Crippen LogP contribution in [0.2, 0.25) is 0 Å². The molecule has 0 aromatic carbocycles. The molecule has 0 aliphatic heterocycles. The van der Waals surface area contributed by atoms with Crippen LogP contribution in [-0.2, 0) is 12.8 Å². The molecular weight excluding hydrogens is 234 g/mol. The van der Waals surface area contributed by atoms with Crippen molar-refractivity contribution >= 4 is 0 Å². The van der Waals surface area contributed by atoms with E-state index in [4.69, 9.17) is 0 Å². The molecule has 0 fully saturated rings. The van der Waals surface area contributed by atoms with Gasteiger partial charge in [-0.3, -0.25) is 9.97 Å². The Morgan fingerprint density at radius 1 is 1.05 bits per heavy atom. The highest BCUT2D eigenvalue weighted by molar-refractivity contribution is 5.24. The first-order valence-electron chi connectivity index (χ1n) is 6.92. The minimum absolute atomic E-state index is 0.232. The summed E-state index contributed by atoms with van der Waals surface area (Å²) >= 11 is 0. The van der Waals surface area contributed by atoms with Crippen molar-refractivity contribution in [1.29, 1.82) is 0 Å². The fraction of sp³-hybridized carbons (Fsp3) is 0.375. The van der Waals surface area contributed by atoms with Crippen molar-refractivity contribution in [3.8, 4) is 0 Å². The predicted octanol–water partition coefficient (Wildman–Crippen LogP) is 2.93. The van der Waals surface area contributed by atoms with Gasteiger partial charge < -0.3 is 5.32 Å². The lowest BCUT2D eigenvalue weighted by Crippen LogP contribution is -2.25. The number of aryl methyl sites for hydroxylation is 1. The number of pyridine rings is 2. The number of rotatable bonds is 6. The molecule has 0 saturated carbocycles. The molecule has 0 aliphatic carbocycles. The lowest BCUT2D eigenvalue weighted by atomic mass is 10.0. The Labute approximate surface area is 115 Å². The fourth-order valence-electron chi connectivity index (χ4n) is 2.30. The van der Waals surface area contributed by atoms with E-state index in [0.717, 1.165) is 30.8 Å². The van der Waals surface area contributed by atoms with Crippen LogP contribution >= 0.6 is 0 Å². The molecule has 0 aliphatic rings. The van der Waals surface area contributed by atoms with Crippen molar-refractivity contribution < 1.29 is 0 Å². The van der Waals surface area contributed by atoms with Gasteiger partial charge >= 0.3 is 0 Å². The summed E-state index contributed by atoms with van der Waals surface area (Å²) in [6, 6.07) is 10.4. The van der Waals surface area contributed by atoms with Crippen LogP contribution in [-0.4, -0.2) is 16.5 Å². The molecule has 1 atom stereocenters. The van der Waals surface area contributed by atoms with Gasteiger partial charge in [0.15, 0.2) is 0 Å². The van der Waals surface area contributed by atoms with Crippen LogP contribution in [0.4, 0.5) is 0 Å². The summed E-state index contributed by atoms with van der Waals surface area (Å²) in [6.07, 6.45) is 5.60. The average molecular weight is 255 g/mol. The molecule has 0 bridgehead atoms. The molecule has 0 amide bonds. The maximum atomic E-state index is 4.57. The summed E-state index contributed by atoms with van der Waals surface area (Å²) in [5.74, 6) is 0. The number of nitrogens with zero attached hydrogens (tertiary/aromatic N) is 2. The Balaban J connectivity index is 2.24. The zero-order valence-electron chi connectivity index (χ0n) is 11.6. The Hall–Kier alpha value is -1.74. The third kappa shape index (κ3) is 3.61. The summed E-state index contributed by atoms with van der Waals surface area (Å²) in [7, 11) is 0. The third-order valence-corrected chi connectivity index (χ3v) is 3.23. The van der Waals surface area contributed by atoms with Crippen molar-refractivity contribution in [1.82, 2.24) is 15.3 Å². The summed E-state index contributed by atoms with van der Waals surface area (Å²) < 4.78 is 0. The molecule has 2 aromatic rings. The largest absolute Gasteiger partial charge is 0.309 e. The monoisotopic (exact) mass is 255 g/mol.